The third kappa shape index (κ3) is 5.20. The van der Waals surface area contributed by atoms with Crippen LogP contribution in [0.4, 0.5) is 0 Å². The molecule has 2 aliphatic rings. The summed E-state index contributed by atoms with van der Waals surface area (Å²) in [5.74, 6) is 2.06. The molecule has 1 amide bonds. The molecule has 0 atom stereocenters. The number of piperidine rings is 1. The van der Waals surface area contributed by atoms with Crippen molar-refractivity contribution >= 4 is 5.91 Å². The lowest BCUT2D eigenvalue weighted by Crippen LogP contribution is -2.35. The van der Waals surface area contributed by atoms with E-state index in [0.717, 1.165) is 49.5 Å². The molecule has 2 aliphatic heterocycles. The van der Waals surface area contributed by atoms with Crippen LogP contribution in [-0.4, -0.2) is 40.6 Å². The normalized spacial score (nSPS) is 15.3. The summed E-state index contributed by atoms with van der Waals surface area (Å²) < 4.78 is 16.7. The minimum Gasteiger partial charge on any atom is -0.454 e. The first-order chi connectivity index (χ1) is 16.1. The Morgan fingerprint density at radius 1 is 0.970 bits per heavy atom. The van der Waals surface area contributed by atoms with Crippen molar-refractivity contribution in [1.29, 1.82) is 0 Å². The van der Waals surface area contributed by atoms with Gasteiger partial charge in [-0.3, -0.25) is 9.69 Å². The van der Waals surface area contributed by atoms with Crippen LogP contribution >= 0.6 is 0 Å². The molecule has 7 nitrogen and oxygen atoms in total. The molecule has 33 heavy (non-hydrogen) atoms. The van der Waals surface area contributed by atoms with E-state index in [4.69, 9.17) is 13.9 Å². The van der Waals surface area contributed by atoms with E-state index in [-0.39, 0.29) is 12.7 Å². The zero-order valence-corrected chi connectivity index (χ0v) is 19.0. The van der Waals surface area contributed by atoms with E-state index in [1.807, 2.05) is 17.0 Å². The lowest BCUT2D eigenvalue weighted by molar-refractivity contribution is 0.0718. The lowest BCUT2D eigenvalue weighted by atomic mass is 10.1. The molecule has 0 aliphatic carbocycles. The number of benzene rings is 2. The number of hydrogen-bond acceptors (Lipinski definition) is 6. The molecule has 3 aromatic rings. The van der Waals surface area contributed by atoms with Crippen LogP contribution in [0, 0.1) is 6.92 Å². The summed E-state index contributed by atoms with van der Waals surface area (Å²) in [7, 11) is 0. The average molecular weight is 448 g/mol. The molecule has 7 heteroatoms. The first-order valence-corrected chi connectivity index (χ1v) is 11.5. The highest BCUT2D eigenvalue weighted by Gasteiger charge is 2.22. The summed E-state index contributed by atoms with van der Waals surface area (Å²) in [5, 5.41) is 0. The van der Waals surface area contributed by atoms with E-state index in [1.165, 1.54) is 23.8 Å². The number of oxazole rings is 1. The Labute approximate surface area is 193 Å². The maximum Gasteiger partial charge on any atom is 0.275 e. The van der Waals surface area contributed by atoms with Gasteiger partial charge in [-0.2, -0.15) is 0 Å². The van der Waals surface area contributed by atoms with Gasteiger partial charge in [-0.1, -0.05) is 35.9 Å². The first kappa shape index (κ1) is 21.5. The third-order valence-electron chi connectivity index (χ3n) is 6.10. The second-order valence-electron chi connectivity index (χ2n) is 8.80. The summed E-state index contributed by atoms with van der Waals surface area (Å²) in [6.07, 6.45) is 4.78. The van der Waals surface area contributed by atoms with Crippen LogP contribution in [0.3, 0.4) is 0 Å². The number of hydrogen-bond donors (Lipinski definition) is 0. The highest BCUT2D eigenvalue weighted by molar-refractivity contribution is 5.92. The van der Waals surface area contributed by atoms with Gasteiger partial charge in [-0.25, -0.2) is 4.98 Å². The molecule has 0 unspecified atom stereocenters. The van der Waals surface area contributed by atoms with Gasteiger partial charge in [0.1, 0.15) is 6.26 Å². The average Bonchev–Trinajstić information content (AvgIpc) is 3.48. The molecule has 2 aromatic carbocycles. The van der Waals surface area contributed by atoms with Gasteiger partial charge in [0.2, 0.25) is 12.7 Å². The number of fused-ring (bicyclic) bond motifs is 1. The van der Waals surface area contributed by atoms with E-state index in [1.54, 1.807) is 0 Å². The van der Waals surface area contributed by atoms with Gasteiger partial charge in [-0.05, 0) is 49.4 Å². The van der Waals surface area contributed by atoms with Crippen molar-refractivity contribution in [3.05, 3.63) is 77.0 Å². The van der Waals surface area contributed by atoms with Crippen molar-refractivity contribution in [3.8, 4) is 11.5 Å². The molecule has 1 aromatic heterocycles. The van der Waals surface area contributed by atoms with E-state index < -0.39 is 0 Å². The SMILES string of the molecule is Cc1cccc(CN(Cc2ccc3c(c2)OCO3)Cc2nc(C(=O)N3CCCCC3)co2)c1. The monoisotopic (exact) mass is 447 g/mol. The smallest absolute Gasteiger partial charge is 0.275 e. The number of aromatic nitrogens is 1. The molecule has 0 radical (unpaired) electrons. The van der Waals surface area contributed by atoms with Crippen molar-refractivity contribution in [3.63, 3.8) is 0 Å². The zero-order chi connectivity index (χ0) is 22.6. The minimum absolute atomic E-state index is 0.0364. The lowest BCUT2D eigenvalue weighted by Gasteiger charge is -2.25. The number of aryl methyl sites for hydroxylation is 1. The molecule has 172 valence electrons. The fourth-order valence-electron chi connectivity index (χ4n) is 4.47. The van der Waals surface area contributed by atoms with Gasteiger partial charge in [-0.15, -0.1) is 0 Å². The fourth-order valence-corrected chi connectivity index (χ4v) is 4.47. The number of likely N-dealkylation sites (tertiary alicyclic amines) is 1. The topological polar surface area (TPSA) is 68.0 Å². The van der Waals surface area contributed by atoms with E-state index in [0.29, 0.717) is 24.7 Å². The Hall–Kier alpha value is -3.32. The van der Waals surface area contributed by atoms with Crippen LogP contribution in [-0.2, 0) is 19.6 Å². The van der Waals surface area contributed by atoms with Crippen LogP contribution in [0.15, 0.2) is 53.1 Å². The standard InChI is InChI=1S/C26H29N3O4/c1-19-6-5-7-20(12-19)14-28(15-21-8-9-23-24(13-21)33-18-32-23)16-25-27-22(17-31-25)26(30)29-10-3-2-4-11-29/h5-9,12-13,17H,2-4,10-11,14-16,18H2,1H3. The molecule has 0 N–H and O–H groups in total. The molecular weight excluding hydrogens is 418 g/mol. The largest absolute Gasteiger partial charge is 0.454 e. The van der Waals surface area contributed by atoms with Crippen molar-refractivity contribution in [2.45, 2.75) is 45.8 Å². The second-order valence-corrected chi connectivity index (χ2v) is 8.80. The zero-order valence-electron chi connectivity index (χ0n) is 19.0. The quantitative estimate of drug-likeness (QED) is 0.530. The molecule has 0 saturated carbocycles. The van der Waals surface area contributed by atoms with Crippen LogP contribution in [0.1, 0.15) is 52.3 Å². The fraction of sp³-hybridized carbons (Fsp3) is 0.385. The number of amides is 1. The molecule has 1 saturated heterocycles. The van der Waals surface area contributed by atoms with E-state index >= 15 is 0 Å². The molecule has 0 spiro atoms. The van der Waals surface area contributed by atoms with Gasteiger partial charge < -0.3 is 18.8 Å². The summed E-state index contributed by atoms with van der Waals surface area (Å²) >= 11 is 0. The van der Waals surface area contributed by atoms with Crippen LogP contribution in [0.25, 0.3) is 0 Å². The van der Waals surface area contributed by atoms with Gasteiger partial charge >= 0.3 is 0 Å². The van der Waals surface area contributed by atoms with Crippen molar-refractivity contribution < 1.29 is 18.7 Å². The number of carbonyl (C=O) groups excluding carboxylic acids is 1. The van der Waals surface area contributed by atoms with Crippen LogP contribution in [0.2, 0.25) is 0 Å². The summed E-state index contributed by atoms with van der Waals surface area (Å²) in [4.78, 5) is 21.5. The van der Waals surface area contributed by atoms with Crippen molar-refractivity contribution in [1.82, 2.24) is 14.8 Å². The number of ether oxygens (including phenoxy) is 2. The third-order valence-corrected chi connectivity index (χ3v) is 6.10. The highest BCUT2D eigenvalue weighted by Crippen LogP contribution is 2.33. The summed E-state index contributed by atoms with van der Waals surface area (Å²) in [5.41, 5.74) is 3.95. The Balaban J connectivity index is 1.33. The maximum absolute atomic E-state index is 12.8. The number of rotatable bonds is 7. The van der Waals surface area contributed by atoms with Crippen LogP contribution in [0.5, 0.6) is 11.5 Å². The molecule has 1 fully saturated rings. The van der Waals surface area contributed by atoms with E-state index in [9.17, 15) is 4.79 Å². The van der Waals surface area contributed by atoms with Crippen LogP contribution < -0.4 is 9.47 Å². The Morgan fingerprint density at radius 3 is 2.58 bits per heavy atom. The molecule has 3 heterocycles. The van der Waals surface area contributed by atoms with Gasteiger partial charge in [0.15, 0.2) is 17.2 Å². The van der Waals surface area contributed by atoms with Gasteiger partial charge in [0.25, 0.3) is 5.91 Å². The van der Waals surface area contributed by atoms with E-state index in [2.05, 4.69) is 47.1 Å². The first-order valence-electron chi connectivity index (χ1n) is 11.5. The van der Waals surface area contributed by atoms with Crippen molar-refractivity contribution in [2.75, 3.05) is 19.9 Å². The summed E-state index contributed by atoms with van der Waals surface area (Å²) in [6.45, 7) is 5.86. The highest BCUT2D eigenvalue weighted by atomic mass is 16.7. The molecule has 0 bridgehead atoms. The maximum atomic E-state index is 12.8. The Kier molecular flexibility index (Phi) is 6.30. The Morgan fingerprint density at radius 2 is 1.76 bits per heavy atom. The molecular formula is C26H29N3O4. The summed E-state index contributed by atoms with van der Waals surface area (Å²) in [6, 6.07) is 14.5. The molecule has 5 rings (SSSR count). The second kappa shape index (κ2) is 9.67. The number of nitrogens with zero attached hydrogens (tertiary/aromatic N) is 3. The predicted octanol–water partition coefficient (Wildman–Crippen LogP) is 4.54. The number of carbonyl (C=O) groups is 1. The van der Waals surface area contributed by atoms with Gasteiger partial charge in [0, 0.05) is 26.2 Å². The minimum atomic E-state index is -0.0364. The predicted molar refractivity (Wildman–Crippen MR) is 123 cm³/mol. The van der Waals surface area contributed by atoms with Gasteiger partial charge in [0.05, 0.1) is 6.54 Å². The Bertz CT molecular complexity index is 1120. The van der Waals surface area contributed by atoms with Crippen molar-refractivity contribution in [2.24, 2.45) is 0 Å².